The summed E-state index contributed by atoms with van der Waals surface area (Å²) in [5.41, 5.74) is -1.37. The molecule has 0 aliphatic carbocycles. The number of aromatic nitrogens is 2. The summed E-state index contributed by atoms with van der Waals surface area (Å²) in [7, 11) is -0.453. The Hall–Kier alpha value is -2.45. The molecule has 3 heterocycles. The van der Waals surface area contributed by atoms with Crippen LogP contribution in [0.1, 0.15) is 19.4 Å². The molecule has 0 radical (unpaired) electrons. The second-order valence-electron chi connectivity index (χ2n) is 10.4. The fourth-order valence-corrected chi connectivity index (χ4v) is 8.49. The van der Waals surface area contributed by atoms with E-state index in [1.807, 2.05) is 18.7 Å². The van der Waals surface area contributed by atoms with Crippen LogP contribution in [0.25, 0.3) is 10.9 Å². The molecule has 4 atom stereocenters. The van der Waals surface area contributed by atoms with Crippen molar-refractivity contribution in [1.29, 1.82) is 0 Å². The van der Waals surface area contributed by atoms with Gasteiger partial charge in [0.1, 0.15) is 17.5 Å². The molecule has 2 aliphatic rings. The molecule has 0 bridgehead atoms. The lowest BCUT2D eigenvalue weighted by molar-refractivity contribution is -0.137. The van der Waals surface area contributed by atoms with Gasteiger partial charge in [-0.05, 0) is 32.0 Å². The number of nitrogens with one attached hydrogen (secondary N) is 1. The van der Waals surface area contributed by atoms with E-state index in [0.717, 1.165) is 18.2 Å². The van der Waals surface area contributed by atoms with Crippen LogP contribution in [0.3, 0.4) is 0 Å². The molecule has 5 rings (SSSR count). The molecule has 1 saturated heterocycles. The maximum atomic E-state index is 15.3. The van der Waals surface area contributed by atoms with E-state index >= 15 is 4.39 Å². The number of alkyl halides is 3. The van der Waals surface area contributed by atoms with Gasteiger partial charge in [0.2, 0.25) is 0 Å². The monoisotopic (exact) mass is 620 g/mol. The second-order valence-corrected chi connectivity index (χ2v) is 13.0. The Labute approximate surface area is 240 Å². The molecule has 1 aromatic heterocycles. The molecule has 1 unspecified atom stereocenters. The first-order valence-corrected chi connectivity index (χ1v) is 15.0. The first-order chi connectivity index (χ1) is 19.4. The van der Waals surface area contributed by atoms with Gasteiger partial charge in [-0.15, -0.1) is 0 Å². The highest BCUT2D eigenvalue weighted by molar-refractivity contribution is 8.17. The molecule has 2 aliphatic heterocycles. The summed E-state index contributed by atoms with van der Waals surface area (Å²) in [5.74, 6) is -1.72. The van der Waals surface area contributed by atoms with Gasteiger partial charge in [0.05, 0.1) is 42.0 Å². The van der Waals surface area contributed by atoms with Crippen molar-refractivity contribution >= 4 is 39.2 Å². The highest BCUT2D eigenvalue weighted by Crippen LogP contribution is 2.53. The van der Waals surface area contributed by atoms with Crippen molar-refractivity contribution in [2.24, 2.45) is 0 Å². The molecule has 3 aromatic rings. The zero-order valence-corrected chi connectivity index (χ0v) is 24.2. The van der Waals surface area contributed by atoms with Gasteiger partial charge in [-0.1, -0.05) is 11.6 Å². The zero-order chi connectivity index (χ0) is 29.6. The van der Waals surface area contributed by atoms with Gasteiger partial charge in [0.25, 0.3) is 0 Å². The van der Waals surface area contributed by atoms with Crippen LogP contribution in [0.15, 0.2) is 38.9 Å². The third-order valence-electron chi connectivity index (χ3n) is 7.20. The van der Waals surface area contributed by atoms with Crippen LogP contribution in [-0.4, -0.2) is 66.9 Å². The first-order valence-electron chi connectivity index (χ1n) is 13.1. The van der Waals surface area contributed by atoms with Gasteiger partial charge in [0.15, 0.2) is 0 Å². The normalized spacial score (nSPS) is 24.1. The highest BCUT2D eigenvalue weighted by atomic mass is 35.5. The number of ether oxygens (including phenoxy) is 2. The Morgan fingerprint density at radius 2 is 1.76 bits per heavy atom. The maximum Gasteiger partial charge on any atom is 0.416 e. The van der Waals surface area contributed by atoms with Gasteiger partial charge in [-0.25, -0.2) is 13.6 Å². The lowest BCUT2D eigenvalue weighted by atomic mass is 10.1. The van der Waals surface area contributed by atoms with Crippen LogP contribution in [0.5, 0.6) is 0 Å². The molecule has 41 heavy (non-hydrogen) atoms. The van der Waals surface area contributed by atoms with E-state index in [0.29, 0.717) is 19.2 Å². The smallest absolute Gasteiger partial charge is 0.382 e. The van der Waals surface area contributed by atoms with Crippen molar-refractivity contribution in [3.8, 4) is 0 Å². The van der Waals surface area contributed by atoms with Crippen molar-refractivity contribution < 1.29 is 31.4 Å². The average molecular weight is 621 g/mol. The largest absolute Gasteiger partial charge is 0.416 e. The van der Waals surface area contributed by atoms with Gasteiger partial charge in [-0.3, -0.25) is 4.57 Å². The minimum absolute atomic E-state index is 0.00914. The quantitative estimate of drug-likeness (QED) is 0.175. The van der Waals surface area contributed by atoms with Crippen LogP contribution in [0.2, 0.25) is 5.02 Å². The second kappa shape index (κ2) is 11.7. The van der Waals surface area contributed by atoms with Crippen LogP contribution in [0.4, 0.5) is 27.8 Å². The summed E-state index contributed by atoms with van der Waals surface area (Å²) in [6.45, 7) is 5.07. The van der Waals surface area contributed by atoms with Gasteiger partial charge < -0.3 is 19.7 Å². The molecule has 1 N–H and O–H groups in total. The van der Waals surface area contributed by atoms with Gasteiger partial charge >= 0.3 is 11.9 Å². The van der Waals surface area contributed by atoms with Crippen molar-refractivity contribution in [3.63, 3.8) is 0 Å². The minimum Gasteiger partial charge on any atom is -0.382 e. The molecule has 1 fully saturated rings. The molecule has 7 nitrogen and oxygen atoms in total. The zero-order valence-electron chi connectivity index (χ0n) is 22.6. The molecule has 0 saturated carbocycles. The molecule has 2 aromatic carbocycles. The van der Waals surface area contributed by atoms with E-state index < -0.39 is 46.1 Å². The number of benzene rings is 2. The fourth-order valence-electron chi connectivity index (χ4n) is 5.57. The lowest BCUT2D eigenvalue weighted by Crippen LogP contribution is -2.55. The number of hydrogen-bond donors (Lipinski definition) is 2. The summed E-state index contributed by atoms with van der Waals surface area (Å²) in [4.78, 5) is 19.8. The van der Waals surface area contributed by atoms with Crippen molar-refractivity contribution in [2.75, 3.05) is 44.1 Å². The number of methoxy groups -OCH3 is 1. The molecule has 0 amide bonds. The molecule has 14 heteroatoms. The lowest BCUT2D eigenvalue weighted by Gasteiger charge is -2.37. The number of anilines is 1. The van der Waals surface area contributed by atoms with Crippen LogP contribution >= 0.6 is 22.5 Å². The Morgan fingerprint density at radius 3 is 2.41 bits per heavy atom. The average Bonchev–Trinajstić information content (AvgIpc) is 3.05. The number of thiol groups is 1. The van der Waals surface area contributed by atoms with E-state index in [1.165, 1.54) is 11.7 Å². The van der Waals surface area contributed by atoms with Crippen molar-refractivity contribution in [1.82, 2.24) is 14.9 Å². The molecular formula is C27H30ClF5N4O3S. The third-order valence-corrected chi connectivity index (χ3v) is 10.1. The van der Waals surface area contributed by atoms with E-state index in [-0.39, 0.29) is 69.1 Å². The van der Waals surface area contributed by atoms with Crippen LogP contribution < -0.4 is 15.9 Å². The number of nitrogens with zero attached hydrogens (tertiary/aromatic N) is 3. The predicted molar refractivity (Wildman–Crippen MR) is 149 cm³/mol. The predicted octanol–water partition coefficient (Wildman–Crippen LogP) is 5.00. The SMILES string of the molecule is COCCO[C@H]1Cn2c(=O)nc(N3C[C@@H](C)N[C@@H](C)C3)c3cc(C(F)(F)F)cc(c32)[SH](c2cc(Cl)c(F)cc2F)C1. The van der Waals surface area contributed by atoms with E-state index in [1.54, 1.807) is 0 Å². The van der Waals surface area contributed by atoms with Crippen LogP contribution in [0, 0.1) is 11.6 Å². The van der Waals surface area contributed by atoms with Crippen molar-refractivity contribution in [2.45, 2.75) is 54.5 Å². The highest BCUT2D eigenvalue weighted by Gasteiger charge is 2.37. The molecule has 224 valence electrons. The topological polar surface area (TPSA) is 68.6 Å². The van der Waals surface area contributed by atoms with Crippen molar-refractivity contribution in [3.05, 3.63) is 57.0 Å². The summed E-state index contributed by atoms with van der Waals surface area (Å²) in [6.07, 6.45) is -5.44. The Bertz CT molecular complexity index is 1510. The van der Waals surface area contributed by atoms with E-state index in [4.69, 9.17) is 21.1 Å². The summed E-state index contributed by atoms with van der Waals surface area (Å²) >= 11 is 6.03. The number of piperazine rings is 1. The molecule has 0 spiro atoms. The number of rotatable bonds is 6. The van der Waals surface area contributed by atoms with E-state index in [2.05, 4.69) is 10.3 Å². The third kappa shape index (κ3) is 6.05. The first kappa shape index (κ1) is 30.0. The Kier molecular flexibility index (Phi) is 8.55. The Balaban J connectivity index is 1.82. The van der Waals surface area contributed by atoms with E-state index in [9.17, 15) is 22.4 Å². The van der Waals surface area contributed by atoms with Gasteiger partial charge in [-0.2, -0.15) is 29.1 Å². The standard InChI is InChI=1S/C27H30ClF5N4O3S/c1-14-10-36(11-15(2)34-14)25-18-6-16(27(31,32)33)7-23-24(18)37(26(38)35-25)12-17(40-5-4-39-3)13-41(23)22-8-19(28)20(29)9-21(22)30/h6-9,14-15,17,34,41H,4-5,10-13H2,1-3H3/t14-,15+,17-/m0/s1. The van der Waals surface area contributed by atoms with Gasteiger partial charge in [0, 0.05) is 59.3 Å². The summed E-state index contributed by atoms with van der Waals surface area (Å²) in [6, 6.07) is 3.69. The molecular weight excluding hydrogens is 591 g/mol. The summed E-state index contributed by atoms with van der Waals surface area (Å²) in [5, 5.41) is 3.14. The van der Waals surface area contributed by atoms with Crippen LogP contribution in [-0.2, 0) is 22.2 Å². The minimum atomic E-state index is -4.74. The Morgan fingerprint density at radius 1 is 1.05 bits per heavy atom. The number of hydrogen-bond acceptors (Lipinski definition) is 6. The number of halogens is 6. The maximum absolute atomic E-state index is 15.3. The summed E-state index contributed by atoms with van der Waals surface area (Å²) < 4.78 is 84.9. The fraction of sp³-hybridized carbons (Fsp3) is 0.481.